The maximum absolute atomic E-state index is 12.6. The number of aromatic nitrogens is 3. The van der Waals surface area contributed by atoms with Crippen LogP contribution in [0.25, 0.3) is 0 Å². The number of anilines is 1. The van der Waals surface area contributed by atoms with Gasteiger partial charge in [0.05, 0.1) is 5.69 Å². The number of hydrogen-bond acceptors (Lipinski definition) is 5. The monoisotopic (exact) mass is 373 g/mol. The Kier molecular flexibility index (Phi) is 4.72. The first kappa shape index (κ1) is 17.7. The van der Waals surface area contributed by atoms with Crippen LogP contribution in [0.2, 0.25) is 0 Å². The van der Waals surface area contributed by atoms with Crippen molar-refractivity contribution < 1.29 is 18.0 Å². The number of carbonyl (C=O) groups is 1. The number of rotatable bonds is 3. The maximum atomic E-state index is 12.6. The first-order valence-electron chi connectivity index (χ1n) is 7.83. The minimum atomic E-state index is -4.41. The predicted octanol–water partition coefficient (Wildman–Crippen LogP) is 2.60. The molecule has 0 bridgehead atoms. The van der Waals surface area contributed by atoms with Crippen LogP contribution in [0.1, 0.15) is 34.7 Å². The van der Waals surface area contributed by atoms with Gasteiger partial charge in [0.1, 0.15) is 5.69 Å². The van der Waals surface area contributed by atoms with Crippen LogP contribution in [0.15, 0.2) is 11.4 Å². The third kappa shape index (κ3) is 3.94. The molecule has 1 fully saturated rings. The standard InChI is InChI=1S/C15H18F3N5OS/c1-9-7-11(22(2)21-9)13(24)19-10-3-5-23(6-4-10)14-20-12(8-25-14)15(16,17)18/h7-8,10H,3-6H2,1-2H3,(H,19,24). The number of thiazole rings is 1. The van der Waals surface area contributed by atoms with Crippen LogP contribution in [0.4, 0.5) is 18.3 Å². The molecular formula is C15H18F3N5OS. The third-order valence-electron chi connectivity index (χ3n) is 4.12. The lowest BCUT2D eigenvalue weighted by Gasteiger charge is -2.32. The van der Waals surface area contributed by atoms with E-state index in [1.54, 1.807) is 13.1 Å². The summed E-state index contributed by atoms with van der Waals surface area (Å²) in [7, 11) is 1.71. The summed E-state index contributed by atoms with van der Waals surface area (Å²) in [6, 6.07) is 1.71. The Morgan fingerprint density at radius 3 is 2.56 bits per heavy atom. The van der Waals surface area contributed by atoms with Crippen molar-refractivity contribution in [1.29, 1.82) is 0 Å². The fourth-order valence-electron chi connectivity index (χ4n) is 2.84. The van der Waals surface area contributed by atoms with E-state index in [0.29, 0.717) is 36.8 Å². The van der Waals surface area contributed by atoms with Crippen molar-refractivity contribution in [3.63, 3.8) is 0 Å². The molecule has 25 heavy (non-hydrogen) atoms. The lowest BCUT2D eigenvalue weighted by molar-refractivity contribution is -0.140. The van der Waals surface area contributed by atoms with Gasteiger partial charge in [-0.15, -0.1) is 11.3 Å². The second-order valence-electron chi connectivity index (χ2n) is 6.04. The average molecular weight is 373 g/mol. The fourth-order valence-corrected chi connectivity index (χ4v) is 3.72. The summed E-state index contributed by atoms with van der Waals surface area (Å²) in [5.74, 6) is -0.185. The number of alkyl halides is 3. The van der Waals surface area contributed by atoms with E-state index in [2.05, 4.69) is 15.4 Å². The lowest BCUT2D eigenvalue weighted by atomic mass is 10.1. The third-order valence-corrected chi connectivity index (χ3v) is 5.02. The van der Waals surface area contributed by atoms with Gasteiger partial charge in [-0.3, -0.25) is 9.48 Å². The summed E-state index contributed by atoms with van der Waals surface area (Å²) < 4.78 is 39.5. The largest absolute Gasteiger partial charge is 0.434 e. The van der Waals surface area contributed by atoms with Crippen LogP contribution < -0.4 is 10.2 Å². The van der Waals surface area contributed by atoms with Gasteiger partial charge < -0.3 is 10.2 Å². The highest BCUT2D eigenvalue weighted by atomic mass is 32.1. The van der Waals surface area contributed by atoms with Gasteiger partial charge in [-0.25, -0.2) is 4.98 Å². The summed E-state index contributed by atoms with van der Waals surface area (Å²) in [4.78, 5) is 17.8. The maximum Gasteiger partial charge on any atom is 0.434 e. The highest BCUT2D eigenvalue weighted by Crippen LogP contribution is 2.33. The molecule has 0 spiro atoms. The van der Waals surface area contributed by atoms with E-state index in [0.717, 1.165) is 22.4 Å². The number of halogens is 3. The van der Waals surface area contributed by atoms with Gasteiger partial charge in [0.2, 0.25) is 0 Å². The molecule has 0 aromatic carbocycles. The van der Waals surface area contributed by atoms with Crippen LogP contribution in [0.5, 0.6) is 0 Å². The normalized spacial score (nSPS) is 16.3. The molecule has 1 aliphatic rings. The molecule has 2 aromatic heterocycles. The minimum absolute atomic E-state index is 0.0130. The molecule has 1 saturated heterocycles. The van der Waals surface area contributed by atoms with Crippen LogP contribution in [-0.4, -0.2) is 39.8 Å². The van der Waals surface area contributed by atoms with Crippen LogP contribution in [0, 0.1) is 6.92 Å². The van der Waals surface area contributed by atoms with E-state index in [9.17, 15) is 18.0 Å². The number of amides is 1. The van der Waals surface area contributed by atoms with E-state index in [1.807, 2.05) is 11.8 Å². The highest BCUT2D eigenvalue weighted by Gasteiger charge is 2.34. The molecule has 1 aliphatic heterocycles. The van der Waals surface area contributed by atoms with Gasteiger partial charge in [-0.05, 0) is 25.8 Å². The molecule has 10 heteroatoms. The summed E-state index contributed by atoms with van der Waals surface area (Å²) in [6.07, 6.45) is -3.10. The molecule has 0 aliphatic carbocycles. The number of piperidine rings is 1. The highest BCUT2D eigenvalue weighted by molar-refractivity contribution is 7.13. The van der Waals surface area contributed by atoms with Crippen molar-refractivity contribution in [2.24, 2.45) is 7.05 Å². The van der Waals surface area contributed by atoms with Crippen molar-refractivity contribution in [1.82, 2.24) is 20.1 Å². The molecule has 0 saturated carbocycles. The molecular weight excluding hydrogens is 355 g/mol. The number of nitrogens with one attached hydrogen (secondary N) is 1. The van der Waals surface area contributed by atoms with E-state index in [-0.39, 0.29) is 11.9 Å². The Morgan fingerprint density at radius 2 is 2.04 bits per heavy atom. The lowest BCUT2D eigenvalue weighted by Crippen LogP contribution is -2.45. The number of carbonyl (C=O) groups excluding carboxylic acids is 1. The van der Waals surface area contributed by atoms with Gasteiger partial charge in [0, 0.05) is 31.6 Å². The van der Waals surface area contributed by atoms with Crippen molar-refractivity contribution in [2.75, 3.05) is 18.0 Å². The zero-order chi connectivity index (χ0) is 18.2. The SMILES string of the molecule is Cc1cc(C(=O)NC2CCN(c3nc(C(F)(F)F)cs3)CC2)n(C)n1. The van der Waals surface area contributed by atoms with Crippen molar-refractivity contribution in [2.45, 2.75) is 32.0 Å². The molecule has 0 unspecified atom stereocenters. The fraction of sp³-hybridized carbons (Fsp3) is 0.533. The van der Waals surface area contributed by atoms with Gasteiger partial charge >= 0.3 is 6.18 Å². The summed E-state index contributed by atoms with van der Waals surface area (Å²) in [6.45, 7) is 2.93. The topological polar surface area (TPSA) is 63.1 Å². The Morgan fingerprint density at radius 1 is 1.36 bits per heavy atom. The summed E-state index contributed by atoms with van der Waals surface area (Å²) in [5, 5.41) is 8.53. The Hall–Kier alpha value is -2.10. The quantitative estimate of drug-likeness (QED) is 0.898. The zero-order valence-electron chi connectivity index (χ0n) is 13.8. The van der Waals surface area contributed by atoms with E-state index < -0.39 is 11.9 Å². The Bertz CT molecular complexity index is 762. The average Bonchev–Trinajstić information content (AvgIpc) is 3.14. The molecule has 136 valence electrons. The van der Waals surface area contributed by atoms with E-state index in [4.69, 9.17) is 0 Å². The van der Waals surface area contributed by atoms with Crippen molar-refractivity contribution in [3.8, 4) is 0 Å². The zero-order valence-corrected chi connectivity index (χ0v) is 14.6. The smallest absolute Gasteiger partial charge is 0.348 e. The molecule has 0 radical (unpaired) electrons. The van der Waals surface area contributed by atoms with Crippen LogP contribution >= 0.6 is 11.3 Å². The van der Waals surface area contributed by atoms with Gasteiger partial charge in [-0.1, -0.05) is 0 Å². The van der Waals surface area contributed by atoms with Gasteiger partial charge in [0.15, 0.2) is 10.8 Å². The first-order chi connectivity index (χ1) is 11.7. The van der Waals surface area contributed by atoms with Crippen LogP contribution in [-0.2, 0) is 13.2 Å². The summed E-state index contributed by atoms with van der Waals surface area (Å²) >= 11 is 0.996. The number of nitrogens with zero attached hydrogens (tertiary/aromatic N) is 4. The second kappa shape index (κ2) is 6.66. The molecule has 1 N–H and O–H groups in total. The van der Waals surface area contributed by atoms with Crippen molar-refractivity contribution in [3.05, 3.63) is 28.5 Å². The first-order valence-corrected chi connectivity index (χ1v) is 8.71. The molecule has 3 rings (SSSR count). The second-order valence-corrected chi connectivity index (χ2v) is 6.88. The Labute approximate surface area is 146 Å². The van der Waals surface area contributed by atoms with Gasteiger partial charge in [-0.2, -0.15) is 18.3 Å². The number of aryl methyl sites for hydroxylation is 2. The molecule has 3 heterocycles. The molecule has 2 aromatic rings. The summed E-state index contributed by atoms with van der Waals surface area (Å²) in [5.41, 5.74) is 0.413. The number of hydrogen-bond donors (Lipinski definition) is 1. The molecule has 1 amide bonds. The van der Waals surface area contributed by atoms with E-state index in [1.165, 1.54) is 4.68 Å². The van der Waals surface area contributed by atoms with E-state index >= 15 is 0 Å². The minimum Gasteiger partial charge on any atom is -0.348 e. The van der Waals surface area contributed by atoms with Gasteiger partial charge in [0.25, 0.3) is 5.91 Å². The predicted molar refractivity (Wildman–Crippen MR) is 87.8 cm³/mol. The van der Waals surface area contributed by atoms with Crippen molar-refractivity contribution >= 4 is 22.4 Å². The molecule has 6 nitrogen and oxygen atoms in total. The van der Waals surface area contributed by atoms with Crippen LogP contribution in [0.3, 0.4) is 0 Å². The molecule has 0 atom stereocenters. The Balaban J connectivity index is 1.56.